The fourth-order valence-corrected chi connectivity index (χ4v) is 3.24. The number of pyridine rings is 1. The van der Waals surface area contributed by atoms with Gasteiger partial charge in [-0.1, -0.05) is 20.8 Å². The second-order valence-corrected chi connectivity index (χ2v) is 7.80. The summed E-state index contributed by atoms with van der Waals surface area (Å²) in [5.74, 6) is 0.580. The SMILES string of the molecule is CC(C)C.NCC(=O)NC1CCCN(Sc2cccc[n+]2O)CC1O. The van der Waals surface area contributed by atoms with Gasteiger partial charge in [0.1, 0.15) is 0 Å². The Morgan fingerprint density at radius 2 is 2.16 bits per heavy atom. The highest BCUT2D eigenvalue weighted by Gasteiger charge is 2.28. The third kappa shape index (κ3) is 8.53. The van der Waals surface area contributed by atoms with Crippen LogP contribution in [-0.2, 0) is 4.79 Å². The van der Waals surface area contributed by atoms with Crippen molar-refractivity contribution >= 4 is 17.9 Å². The van der Waals surface area contributed by atoms with Crippen molar-refractivity contribution in [3.8, 4) is 0 Å². The molecule has 2 rings (SSSR count). The Hall–Kier alpha value is -1.35. The summed E-state index contributed by atoms with van der Waals surface area (Å²) in [6.45, 7) is 7.61. The first-order valence-corrected chi connectivity index (χ1v) is 9.41. The monoisotopic (exact) mass is 371 g/mol. The standard InChI is InChI=1S/C13H20N4O3S.C4H10/c14-8-12(19)15-10-4-3-6-16(9-11(10)18)21-13-5-1-2-7-17(13)20;1-4(2)3/h1-2,5,7,10-11,18H,3-4,6,8-9,14H2,(H-,15,19,20);4H,1-3H3/p+1. The predicted molar refractivity (Wildman–Crippen MR) is 98.0 cm³/mol. The molecule has 142 valence electrons. The van der Waals surface area contributed by atoms with Crippen LogP contribution in [0.2, 0.25) is 0 Å². The van der Waals surface area contributed by atoms with Crippen LogP contribution in [0.25, 0.3) is 0 Å². The largest absolute Gasteiger partial charge is 0.390 e. The number of carbonyl (C=O) groups excluding carboxylic acids is 1. The van der Waals surface area contributed by atoms with E-state index in [4.69, 9.17) is 5.73 Å². The van der Waals surface area contributed by atoms with Gasteiger partial charge >= 0.3 is 5.03 Å². The van der Waals surface area contributed by atoms with Crippen LogP contribution in [0.5, 0.6) is 0 Å². The Morgan fingerprint density at radius 1 is 1.48 bits per heavy atom. The van der Waals surface area contributed by atoms with Crippen LogP contribution >= 0.6 is 11.9 Å². The van der Waals surface area contributed by atoms with Crippen LogP contribution in [0.3, 0.4) is 0 Å². The maximum atomic E-state index is 11.4. The number of β-amino-alcohol motifs (C(OH)–C–C–N with tert-alkyl or cyclic N) is 1. The number of rotatable bonds is 4. The zero-order chi connectivity index (χ0) is 18.8. The number of aromatic nitrogens is 1. The van der Waals surface area contributed by atoms with Crippen LogP contribution in [0.1, 0.15) is 33.6 Å². The van der Waals surface area contributed by atoms with Crippen molar-refractivity contribution in [1.29, 1.82) is 0 Å². The second-order valence-electron chi connectivity index (χ2n) is 6.68. The molecule has 2 heterocycles. The van der Waals surface area contributed by atoms with Crippen molar-refractivity contribution in [2.45, 2.75) is 50.8 Å². The maximum Gasteiger partial charge on any atom is 0.305 e. The van der Waals surface area contributed by atoms with E-state index in [-0.39, 0.29) is 18.5 Å². The average molecular weight is 372 g/mol. The van der Waals surface area contributed by atoms with E-state index < -0.39 is 6.10 Å². The number of amides is 1. The highest BCUT2D eigenvalue weighted by Crippen LogP contribution is 2.23. The summed E-state index contributed by atoms with van der Waals surface area (Å²) in [4.78, 5) is 11.4. The minimum Gasteiger partial charge on any atom is -0.390 e. The lowest BCUT2D eigenvalue weighted by atomic mass is 10.1. The highest BCUT2D eigenvalue weighted by molar-refractivity contribution is 7.96. The van der Waals surface area contributed by atoms with Crippen molar-refractivity contribution in [2.24, 2.45) is 11.7 Å². The number of hydrogen-bond donors (Lipinski definition) is 4. The molecule has 1 saturated heterocycles. The van der Waals surface area contributed by atoms with Gasteiger partial charge in [0.25, 0.3) is 0 Å². The number of nitrogens with zero attached hydrogens (tertiary/aromatic N) is 2. The number of hydrogen-bond acceptors (Lipinski definition) is 6. The van der Waals surface area contributed by atoms with Crippen LogP contribution in [0, 0.1) is 5.92 Å². The fourth-order valence-electron chi connectivity index (χ4n) is 2.25. The molecule has 0 spiro atoms. The summed E-state index contributed by atoms with van der Waals surface area (Å²) < 4.78 is 3.04. The van der Waals surface area contributed by atoms with Gasteiger partial charge in [-0.25, -0.2) is 4.31 Å². The van der Waals surface area contributed by atoms with Gasteiger partial charge in [-0.3, -0.25) is 10.0 Å². The molecule has 1 fully saturated rings. The fraction of sp³-hybridized carbons (Fsp3) is 0.647. The summed E-state index contributed by atoms with van der Waals surface area (Å²) in [6.07, 6.45) is 2.45. The molecule has 1 aliphatic heterocycles. The number of aliphatic hydroxyl groups is 1. The van der Waals surface area contributed by atoms with Crippen LogP contribution < -0.4 is 15.8 Å². The summed E-state index contributed by atoms with van der Waals surface area (Å²) in [7, 11) is 0. The Balaban J connectivity index is 0.000000705. The lowest BCUT2D eigenvalue weighted by molar-refractivity contribution is -0.932. The molecule has 1 aromatic heterocycles. The van der Waals surface area contributed by atoms with Crippen molar-refractivity contribution in [3.63, 3.8) is 0 Å². The maximum absolute atomic E-state index is 11.4. The molecular formula is C17H31N4O3S+. The molecule has 0 aliphatic carbocycles. The van der Waals surface area contributed by atoms with Gasteiger partial charge < -0.3 is 16.2 Å². The highest BCUT2D eigenvalue weighted by atomic mass is 32.2. The molecule has 0 radical (unpaired) electrons. The van der Waals surface area contributed by atoms with Gasteiger partial charge in [0.05, 0.1) is 18.7 Å². The van der Waals surface area contributed by atoms with Crippen molar-refractivity contribution in [2.75, 3.05) is 19.6 Å². The van der Waals surface area contributed by atoms with Gasteiger partial charge in [-0.15, -0.1) is 0 Å². The van der Waals surface area contributed by atoms with E-state index in [1.54, 1.807) is 18.3 Å². The van der Waals surface area contributed by atoms with Crippen LogP contribution in [0.4, 0.5) is 0 Å². The lowest BCUT2D eigenvalue weighted by Gasteiger charge is -2.23. The zero-order valence-corrected chi connectivity index (χ0v) is 16.1. The molecular weight excluding hydrogens is 340 g/mol. The Bertz CT molecular complexity index is 528. The molecule has 0 bridgehead atoms. The second kappa shape index (κ2) is 11.3. The molecule has 2 unspecified atom stereocenters. The number of nitrogens with two attached hydrogens (primary N) is 1. The minimum atomic E-state index is -0.661. The van der Waals surface area contributed by atoms with Crippen LogP contribution in [-0.4, -0.2) is 52.3 Å². The summed E-state index contributed by atoms with van der Waals surface area (Å²) in [5.41, 5.74) is 5.28. The van der Waals surface area contributed by atoms with Crippen LogP contribution in [0.15, 0.2) is 29.4 Å². The molecule has 7 nitrogen and oxygen atoms in total. The molecule has 0 saturated carbocycles. The number of carbonyl (C=O) groups is 1. The van der Waals surface area contributed by atoms with E-state index in [9.17, 15) is 15.1 Å². The van der Waals surface area contributed by atoms with Gasteiger partial charge in [-0.2, -0.15) is 0 Å². The molecule has 1 aliphatic rings. The smallest absolute Gasteiger partial charge is 0.305 e. The molecule has 5 N–H and O–H groups in total. The van der Waals surface area contributed by atoms with E-state index in [1.165, 1.54) is 11.9 Å². The summed E-state index contributed by atoms with van der Waals surface area (Å²) >= 11 is 1.38. The van der Waals surface area contributed by atoms with Crippen molar-refractivity contribution < 1.29 is 19.8 Å². The summed E-state index contributed by atoms with van der Waals surface area (Å²) in [6, 6.07) is 5.10. The lowest BCUT2D eigenvalue weighted by Crippen LogP contribution is -2.47. The van der Waals surface area contributed by atoms with Gasteiger partial charge in [0.2, 0.25) is 12.1 Å². The van der Waals surface area contributed by atoms with Gasteiger partial charge in [0, 0.05) is 41.9 Å². The summed E-state index contributed by atoms with van der Waals surface area (Å²) in [5, 5.41) is 23.4. The Morgan fingerprint density at radius 3 is 2.76 bits per heavy atom. The van der Waals surface area contributed by atoms with E-state index in [2.05, 4.69) is 26.1 Å². The molecule has 0 aromatic carbocycles. The van der Waals surface area contributed by atoms with E-state index in [0.29, 0.717) is 18.0 Å². The Kier molecular flexibility index (Phi) is 9.81. The molecule has 25 heavy (non-hydrogen) atoms. The number of nitrogens with one attached hydrogen (secondary N) is 1. The topological polar surface area (TPSA) is 103 Å². The quantitative estimate of drug-likeness (QED) is 0.354. The molecule has 2 atom stereocenters. The third-order valence-corrected chi connectivity index (χ3v) is 4.44. The average Bonchev–Trinajstić information content (AvgIpc) is 2.71. The predicted octanol–water partition coefficient (Wildman–Crippen LogP) is 0.781. The first-order valence-electron chi connectivity index (χ1n) is 8.63. The Labute approximate surface area is 154 Å². The van der Waals surface area contributed by atoms with Crippen molar-refractivity contribution in [1.82, 2.24) is 9.62 Å². The first kappa shape index (κ1) is 21.7. The molecule has 1 amide bonds. The zero-order valence-electron chi connectivity index (χ0n) is 15.3. The van der Waals surface area contributed by atoms with Crippen molar-refractivity contribution in [3.05, 3.63) is 24.4 Å². The normalized spacial score (nSPS) is 21.2. The van der Waals surface area contributed by atoms with E-state index >= 15 is 0 Å². The van der Waals surface area contributed by atoms with E-state index in [1.807, 2.05) is 10.4 Å². The first-order chi connectivity index (χ1) is 11.8. The number of aliphatic hydroxyl groups excluding tert-OH is 1. The molecule has 8 heteroatoms. The van der Waals surface area contributed by atoms with E-state index in [0.717, 1.165) is 23.6 Å². The van der Waals surface area contributed by atoms with Gasteiger partial charge in [-0.05, 0) is 24.8 Å². The minimum absolute atomic E-state index is 0.0732. The third-order valence-electron chi connectivity index (χ3n) is 3.34. The van der Waals surface area contributed by atoms with Gasteiger partial charge in [0.15, 0.2) is 0 Å². The molecule has 1 aromatic rings.